The van der Waals surface area contributed by atoms with Crippen LogP contribution in [0.5, 0.6) is 0 Å². The summed E-state index contributed by atoms with van der Waals surface area (Å²) in [6.45, 7) is 3.37. The van der Waals surface area contributed by atoms with Gasteiger partial charge >= 0.3 is 5.97 Å². The Hall–Kier alpha value is -0.550. The van der Waals surface area contributed by atoms with E-state index < -0.39 is 11.5 Å². The molecule has 14 heavy (non-hydrogen) atoms. The van der Waals surface area contributed by atoms with Crippen LogP contribution >= 0.6 is 27.3 Å². The topological polar surface area (TPSA) is 40.5 Å². The van der Waals surface area contributed by atoms with E-state index in [1.165, 1.54) is 11.3 Å². The maximum absolute atomic E-state index is 11.0. The van der Waals surface area contributed by atoms with Crippen LogP contribution in [0.15, 0.2) is 15.9 Å². The molecule has 0 fully saturated rings. The Morgan fingerprint density at radius 1 is 1.64 bits per heavy atom. The Labute approximate surface area is 95.5 Å². The molecule has 0 saturated heterocycles. The van der Waals surface area contributed by atoms with Crippen LogP contribution < -0.4 is 4.90 Å². The number of hydrogen-bond donors (Lipinski definition) is 1. The number of carboxylic acids is 1. The second-order valence-corrected chi connectivity index (χ2v) is 5.33. The van der Waals surface area contributed by atoms with Gasteiger partial charge in [-0.05, 0) is 35.8 Å². The summed E-state index contributed by atoms with van der Waals surface area (Å²) >= 11 is 4.86. The lowest BCUT2D eigenvalue weighted by Crippen LogP contribution is -2.47. The van der Waals surface area contributed by atoms with Crippen LogP contribution in [0.2, 0.25) is 0 Å². The molecule has 78 valence electrons. The average molecular weight is 278 g/mol. The third kappa shape index (κ3) is 2.09. The fraction of sp³-hybridized carbons (Fsp3) is 0.444. The van der Waals surface area contributed by atoms with E-state index in [9.17, 15) is 4.79 Å². The highest BCUT2D eigenvalue weighted by atomic mass is 79.9. The van der Waals surface area contributed by atoms with Crippen molar-refractivity contribution in [1.29, 1.82) is 0 Å². The number of thiophene rings is 1. The molecule has 1 heterocycles. The SMILES string of the molecule is CN(c1cc(Br)cs1)C(C)(C)C(=O)O. The first-order chi connectivity index (χ1) is 6.35. The van der Waals surface area contributed by atoms with Crippen molar-refractivity contribution < 1.29 is 9.90 Å². The van der Waals surface area contributed by atoms with Gasteiger partial charge in [0.1, 0.15) is 5.54 Å². The maximum atomic E-state index is 11.0. The Kier molecular flexibility index (Phi) is 3.21. The molecule has 3 nitrogen and oxygen atoms in total. The van der Waals surface area contributed by atoms with Crippen molar-refractivity contribution >= 4 is 38.2 Å². The molecule has 0 atom stereocenters. The van der Waals surface area contributed by atoms with Gasteiger partial charge in [-0.3, -0.25) is 0 Å². The number of rotatable bonds is 3. The zero-order chi connectivity index (χ0) is 10.9. The van der Waals surface area contributed by atoms with Crippen molar-refractivity contribution in [2.45, 2.75) is 19.4 Å². The molecule has 0 unspecified atom stereocenters. The molecule has 5 heteroatoms. The quantitative estimate of drug-likeness (QED) is 0.924. The van der Waals surface area contributed by atoms with E-state index >= 15 is 0 Å². The van der Waals surface area contributed by atoms with E-state index in [0.29, 0.717) is 0 Å². The van der Waals surface area contributed by atoms with E-state index in [-0.39, 0.29) is 0 Å². The smallest absolute Gasteiger partial charge is 0.328 e. The largest absolute Gasteiger partial charge is 0.480 e. The molecular weight excluding hydrogens is 266 g/mol. The lowest BCUT2D eigenvalue weighted by molar-refractivity contribution is -0.141. The van der Waals surface area contributed by atoms with Gasteiger partial charge in [-0.15, -0.1) is 11.3 Å². The average Bonchev–Trinajstić information content (AvgIpc) is 2.50. The van der Waals surface area contributed by atoms with Crippen LogP contribution in [0, 0.1) is 0 Å². The van der Waals surface area contributed by atoms with Crippen LogP contribution in [0.1, 0.15) is 13.8 Å². The second kappa shape index (κ2) is 3.90. The summed E-state index contributed by atoms with van der Waals surface area (Å²) in [5.41, 5.74) is -0.885. The van der Waals surface area contributed by atoms with Crippen molar-refractivity contribution in [3.05, 3.63) is 15.9 Å². The number of carbonyl (C=O) groups is 1. The highest BCUT2D eigenvalue weighted by Crippen LogP contribution is 2.31. The number of carboxylic acid groups (broad SMARTS) is 1. The minimum atomic E-state index is -0.885. The molecule has 1 rings (SSSR count). The van der Waals surface area contributed by atoms with Gasteiger partial charge in [0.2, 0.25) is 0 Å². The van der Waals surface area contributed by atoms with Crippen LogP contribution in [0.4, 0.5) is 5.00 Å². The Morgan fingerprint density at radius 3 is 2.57 bits per heavy atom. The van der Waals surface area contributed by atoms with Gasteiger partial charge < -0.3 is 10.0 Å². The molecule has 0 amide bonds. The molecule has 1 aromatic rings. The van der Waals surface area contributed by atoms with Crippen LogP contribution in [-0.4, -0.2) is 23.7 Å². The van der Waals surface area contributed by atoms with Gasteiger partial charge in [0.25, 0.3) is 0 Å². The van der Waals surface area contributed by atoms with Crippen molar-refractivity contribution in [3.63, 3.8) is 0 Å². The fourth-order valence-corrected chi connectivity index (χ4v) is 2.43. The summed E-state index contributed by atoms with van der Waals surface area (Å²) in [6.07, 6.45) is 0. The third-order valence-electron chi connectivity index (χ3n) is 2.25. The summed E-state index contributed by atoms with van der Waals surface area (Å²) in [6, 6.07) is 1.91. The number of likely N-dealkylation sites (N-methyl/N-ethyl adjacent to an activating group) is 1. The Bertz CT molecular complexity index is 348. The van der Waals surface area contributed by atoms with Crippen molar-refractivity contribution in [2.75, 3.05) is 11.9 Å². The van der Waals surface area contributed by atoms with E-state index in [1.807, 2.05) is 11.4 Å². The van der Waals surface area contributed by atoms with Crippen molar-refractivity contribution in [2.24, 2.45) is 0 Å². The third-order valence-corrected chi connectivity index (χ3v) is 4.01. The Balaban J connectivity index is 2.95. The molecule has 1 aromatic heterocycles. The lowest BCUT2D eigenvalue weighted by atomic mass is 10.0. The molecule has 0 aliphatic rings. The lowest BCUT2D eigenvalue weighted by Gasteiger charge is -2.32. The van der Waals surface area contributed by atoms with E-state index in [4.69, 9.17) is 5.11 Å². The minimum absolute atomic E-state index is 0.829. The number of aliphatic carboxylic acids is 1. The zero-order valence-electron chi connectivity index (χ0n) is 8.24. The predicted molar refractivity (Wildman–Crippen MR) is 62.1 cm³/mol. The number of hydrogen-bond acceptors (Lipinski definition) is 3. The zero-order valence-corrected chi connectivity index (χ0v) is 10.6. The first-order valence-electron chi connectivity index (χ1n) is 4.07. The second-order valence-electron chi connectivity index (χ2n) is 3.53. The van der Waals surface area contributed by atoms with Gasteiger partial charge in [0, 0.05) is 16.9 Å². The maximum Gasteiger partial charge on any atom is 0.328 e. The highest BCUT2D eigenvalue weighted by Gasteiger charge is 2.32. The van der Waals surface area contributed by atoms with Gasteiger partial charge in [-0.25, -0.2) is 4.79 Å². The number of halogens is 1. The summed E-state index contributed by atoms with van der Waals surface area (Å²) in [5.74, 6) is -0.829. The molecule has 0 bridgehead atoms. The molecule has 0 saturated carbocycles. The minimum Gasteiger partial charge on any atom is -0.480 e. The summed E-state index contributed by atoms with van der Waals surface area (Å²) in [4.78, 5) is 12.7. The van der Waals surface area contributed by atoms with Crippen molar-refractivity contribution in [3.8, 4) is 0 Å². The van der Waals surface area contributed by atoms with E-state index in [1.54, 1.807) is 25.8 Å². The Morgan fingerprint density at radius 2 is 2.21 bits per heavy atom. The first-order valence-corrected chi connectivity index (χ1v) is 5.74. The molecule has 1 N–H and O–H groups in total. The normalized spacial score (nSPS) is 11.4. The van der Waals surface area contributed by atoms with Crippen LogP contribution in [-0.2, 0) is 4.79 Å². The van der Waals surface area contributed by atoms with Crippen LogP contribution in [0.3, 0.4) is 0 Å². The molecule has 0 aliphatic heterocycles. The molecule has 0 spiro atoms. The standard InChI is InChI=1S/C9H12BrNO2S/c1-9(2,8(12)13)11(3)7-4-6(10)5-14-7/h4-5H,1-3H3,(H,12,13). The van der Waals surface area contributed by atoms with E-state index in [2.05, 4.69) is 15.9 Å². The summed E-state index contributed by atoms with van der Waals surface area (Å²) in [5, 5.41) is 11.9. The monoisotopic (exact) mass is 277 g/mol. The molecule has 0 aromatic carbocycles. The van der Waals surface area contributed by atoms with Gasteiger partial charge in [0.15, 0.2) is 0 Å². The number of nitrogens with zero attached hydrogens (tertiary/aromatic N) is 1. The summed E-state index contributed by atoms with van der Waals surface area (Å²) in [7, 11) is 1.78. The van der Waals surface area contributed by atoms with Crippen LogP contribution in [0.25, 0.3) is 0 Å². The van der Waals surface area contributed by atoms with E-state index in [0.717, 1.165) is 9.47 Å². The predicted octanol–water partition coefficient (Wildman–Crippen LogP) is 2.81. The number of anilines is 1. The fourth-order valence-electron chi connectivity index (χ4n) is 0.897. The van der Waals surface area contributed by atoms with Gasteiger partial charge in [0.05, 0.1) is 5.00 Å². The molecular formula is C9H12BrNO2S. The molecule has 0 aliphatic carbocycles. The molecule has 0 radical (unpaired) electrons. The van der Waals surface area contributed by atoms with Gasteiger partial charge in [-0.2, -0.15) is 0 Å². The first kappa shape index (κ1) is 11.5. The van der Waals surface area contributed by atoms with Gasteiger partial charge in [-0.1, -0.05) is 0 Å². The summed E-state index contributed by atoms with van der Waals surface area (Å²) < 4.78 is 0.977. The highest BCUT2D eigenvalue weighted by molar-refractivity contribution is 9.10. The van der Waals surface area contributed by atoms with Crippen molar-refractivity contribution in [1.82, 2.24) is 0 Å².